The van der Waals surface area contributed by atoms with Crippen LogP contribution in [-0.4, -0.2) is 42.8 Å². The third-order valence-corrected chi connectivity index (χ3v) is 3.56. The van der Waals surface area contributed by atoms with Gasteiger partial charge >= 0.3 is 0 Å². The van der Waals surface area contributed by atoms with Crippen LogP contribution in [0.4, 0.5) is 0 Å². The Labute approximate surface area is 101 Å². The van der Waals surface area contributed by atoms with Gasteiger partial charge in [-0.1, -0.05) is 20.8 Å². The summed E-state index contributed by atoms with van der Waals surface area (Å²) in [7, 11) is 0. The summed E-state index contributed by atoms with van der Waals surface area (Å²) in [6.45, 7) is 14.4. The molecular formula is C13H30N2O. The maximum absolute atomic E-state index is 5.95. The Morgan fingerprint density at radius 3 is 2.06 bits per heavy atom. The molecule has 0 atom stereocenters. The summed E-state index contributed by atoms with van der Waals surface area (Å²) in [5.41, 5.74) is 6.12. The van der Waals surface area contributed by atoms with Crippen LogP contribution in [-0.2, 0) is 4.74 Å². The Hall–Kier alpha value is -0.120. The van der Waals surface area contributed by atoms with E-state index in [0.29, 0.717) is 6.10 Å². The number of nitrogens with zero attached hydrogens (tertiary/aromatic N) is 1. The van der Waals surface area contributed by atoms with Gasteiger partial charge in [0.15, 0.2) is 0 Å². The van der Waals surface area contributed by atoms with Gasteiger partial charge in [-0.05, 0) is 33.2 Å². The van der Waals surface area contributed by atoms with Crippen LogP contribution in [0, 0.1) is 0 Å². The normalized spacial score (nSPS) is 12.8. The first-order valence-electron chi connectivity index (χ1n) is 6.63. The van der Waals surface area contributed by atoms with E-state index in [1.807, 2.05) is 0 Å². The maximum Gasteiger partial charge on any atom is 0.0597 e. The van der Waals surface area contributed by atoms with Gasteiger partial charge in [-0.15, -0.1) is 0 Å². The molecule has 0 unspecified atom stereocenters. The highest BCUT2D eigenvalue weighted by Crippen LogP contribution is 2.22. The van der Waals surface area contributed by atoms with Crippen molar-refractivity contribution >= 4 is 0 Å². The topological polar surface area (TPSA) is 38.5 Å². The van der Waals surface area contributed by atoms with Crippen molar-refractivity contribution in [3.05, 3.63) is 0 Å². The fourth-order valence-corrected chi connectivity index (χ4v) is 2.24. The second-order valence-corrected chi connectivity index (χ2v) is 4.63. The number of likely N-dealkylation sites (N-methyl/N-ethyl adjacent to an activating group) is 1. The van der Waals surface area contributed by atoms with Gasteiger partial charge in [-0.3, -0.25) is 4.90 Å². The molecule has 0 saturated carbocycles. The average Bonchev–Trinajstić information content (AvgIpc) is 2.29. The summed E-state index contributed by atoms with van der Waals surface area (Å²) in [6.07, 6.45) is 2.53. The van der Waals surface area contributed by atoms with Gasteiger partial charge in [0.2, 0.25) is 0 Å². The molecule has 0 amide bonds. The molecule has 0 heterocycles. The van der Waals surface area contributed by atoms with E-state index in [0.717, 1.165) is 39.1 Å². The zero-order valence-corrected chi connectivity index (χ0v) is 11.8. The van der Waals surface area contributed by atoms with Crippen LogP contribution in [0.1, 0.15) is 47.5 Å². The second kappa shape index (κ2) is 8.04. The minimum absolute atomic E-state index is 0.162. The molecule has 16 heavy (non-hydrogen) atoms. The van der Waals surface area contributed by atoms with Gasteiger partial charge in [-0.25, -0.2) is 0 Å². The molecule has 0 radical (unpaired) electrons. The molecular weight excluding hydrogens is 200 g/mol. The van der Waals surface area contributed by atoms with Gasteiger partial charge in [0.05, 0.1) is 12.7 Å². The van der Waals surface area contributed by atoms with E-state index in [9.17, 15) is 0 Å². The molecule has 0 bridgehead atoms. The lowest BCUT2D eigenvalue weighted by Gasteiger charge is -2.42. The predicted molar refractivity (Wildman–Crippen MR) is 70.7 cm³/mol. The fraction of sp³-hybridized carbons (Fsp3) is 1.00. The van der Waals surface area contributed by atoms with Crippen molar-refractivity contribution in [3.63, 3.8) is 0 Å². The molecule has 0 rings (SSSR count). The van der Waals surface area contributed by atoms with E-state index in [1.54, 1.807) is 0 Å². The largest absolute Gasteiger partial charge is 0.377 e. The minimum Gasteiger partial charge on any atom is -0.377 e. The molecule has 0 aromatic rings. The second-order valence-electron chi connectivity index (χ2n) is 4.63. The molecule has 2 N–H and O–H groups in total. The molecule has 3 heteroatoms. The van der Waals surface area contributed by atoms with Gasteiger partial charge < -0.3 is 10.5 Å². The van der Waals surface area contributed by atoms with Crippen LogP contribution in [0.2, 0.25) is 0 Å². The Balaban J connectivity index is 4.32. The van der Waals surface area contributed by atoms with E-state index in [2.05, 4.69) is 39.5 Å². The maximum atomic E-state index is 5.95. The van der Waals surface area contributed by atoms with Crippen molar-refractivity contribution in [2.45, 2.75) is 59.1 Å². The van der Waals surface area contributed by atoms with Gasteiger partial charge in [0.25, 0.3) is 0 Å². The number of ether oxygens (including phenoxy) is 1. The van der Waals surface area contributed by atoms with Gasteiger partial charge in [0, 0.05) is 18.6 Å². The van der Waals surface area contributed by atoms with E-state index in [4.69, 9.17) is 10.5 Å². The van der Waals surface area contributed by atoms with Crippen molar-refractivity contribution in [1.29, 1.82) is 0 Å². The molecule has 0 saturated heterocycles. The van der Waals surface area contributed by atoms with Crippen molar-refractivity contribution in [3.8, 4) is 0 Å². The molecule has 0 aliphatic rings. The quantitative estimate of drug-likeness (QED) is 0.660. The SMILES string of the molecule is CCN(CCOC(C)C)C(CC)(CC)CN. The van der Waals surface area contributed by atoms with Crippen LogP contribution < -0.4 is 5.73 Å². The Morgan fingerprint density at radius 2 is 1.75 bits per heavy atom. The Kier molecular flexibility index (Phi) is 7.98. The van der Waals surface area contributed by atoms with Crippen molar-refractivity contribution in [1.82, 2.24) is 4.90 Å². The lowest BCUT2D eigenvalue weighted by atomic mass is 9.90. The molecule has 0 fully saturated rings. The summed E-state index contributed by atoms with van der Waals surface area (Å²) in [5.74, 6) is 0. The zero-order chi connectivity index (χ0) is 12.6. The van der Waals surface area contributed by atoms with Gasteiger partial charge in [-0.2, -0.15) is 0 Å². The molecule has 0 aliphatic heterocycles. The summed E-state index contributed by atoms with van der Waals surface area (Å²) < 4.78 is 5.62. The summed E-state index contributed by atoms with van der Waals surface area (Å²) in [6, 6.07) is 0. The number of rotatable bonds is 9. The minimum atomic E-state index is 0.162. The van der Waals surface area contributed by atoms with Crippen molar-refractivity contribution < 1.29 is 4.74 Å². The molecule has 0 aromatic carbocycles. The fourth-order valence-electron chi connectivity index (χ4n) is 2.24. The first-order chi connectivity index (χ1) is 7.56. The molecule has 0 spiro atoms. The van der Waals surface area contributed by atoms with Crippen LogP contribution in [0.15, 0.2) is 0 Å². The lowest BCUT2D eigenvalue weighted by Crippen LogP contribution is -2.54. The standard InChI is InChI=1S/C13H30N2O/c1-6-13(7-2,11-14)15(8-3)9-10-16-12(4)5/h12H,6-11,14H2,1-5H3. The highest BCUT2D eigenvalue weighted by molar-refractivity contribution is 4.88. The zero-order valence-electron chi connectivity index (χ0n) is 11.8. The first kappa shape index (κ1) is 15.9. The lowest BCUT2D eigenvalue weighted by molar-refractivity contribution is 0.0215. The first-order valence-corrected chi connectivity index (χ1v) is 6.63. The average molecular weight is 230 g/mol. The van der Waals surface area contributed by atoms with Gasteiger partial charge in [0.1, 0.15) is 0 Å². The number of hydrogen-bond donors (Lipinski definition) is 1. The monoisotopic (exact) mass is 230 g/mol. The highest BCUT2D eigenvalue weighted by Gasteiger charge is 2.30. The predicted octanol–water partition coefficient (Wildman–Crippen LogP) is 2.25. The number of hydrogen-bond acceptors (Lipinski definition) is 3. The Bertz CT molecular complexity index is 159. The van der Waals surface area contributed by atoms with E-state index in [1.165, 1.54) is 0 Å². The van der Waals surface area contributed by atoms with E-state index < -0.39 is 0 Å². The molecule has 98 valence electrons. The summed E-state index contributed by atoms with van der Waals surface area (Å²) in [5, 5.41) is 0. The molecule has 0 aliphatic carbocycles. The van der Waals surface area contributed by atoms with Crippen LogP contribution in [0.5, 0.6) is 0 Å². The third-order valence-electron chi connectivity index (χ3n) is 3.56. The molecule has 0 aromatic heterocycles. The van der Waals surface area contributed by atoms with E-state index >= 15 is 0 Å². The summed E-state index contributed by atoms with van der Waals surface area (Å²) >= 11 is 0. The van der Waals surface area contributed by atoms with Crippen molar-refractivity contribution in [2.75, 3.05) is 26.2 Å². The summed E-state index contributed by atoms with van der Waals surface area (Å²) in [4.78, 5) is 2.47. The smallest absolute Gasteiger partial charge is 0.0597 e. The number of nitrogens with two attached hydrogens (primary N) is 1. The highest BCUT2D eigenvalue weighted by atomic mass is 16.5. The van der Waals surface area contributed by atoms with Crippen molar-refractivity contribution in [2.24, 2.45) is 5.73 Å². The van der Waals surface area contributed by atoms with Crippen LogP contribution in [0.25, 0.3) is 0 Å². The van der Waals surface area contributed by atoms with Crippen LogP contribution >= 0.6 is 0 Å². The molecule has 3 nitrogen and oxygen atoms in total. The van der Waals surface area contributed by atoms with E-state index in [-0.39, 0.29) is 5.54 Å². The third kappa shape index (κ3) is 4.40. The Morgan fingerprint density at radius 1 is 1.19 bits per heavy atom. The van der Waals surface area contributed by atoms with Crippen LogP contribution in [0.3, 0.4) is 0 Å².